The maximum absolute atomic E-state index is 12.5. The summed E-state index contributed by atoms with van der Waals surface area (Å²) >= 11 is 0. The zero-order valence-corrected chi connectivity index (χ0v) is 48.4. The maximum Gasteiger partial charge on any atom is 0.458 e. The van der Waals surface area contributed by atoms with Gasteiger partial charge in [0.1, 0.15) is 6.34 Å². The molecule has 5 aliphatic rings. The van der Waals surface area contributed by atoms with Gasteiger partial charge < -0.3 is 78.0 Å². The number of halogens is 7. The number of rotatable bonds is 6. The van der Waals surface area contributed by atoms with Crippen molar-refractivity contribution in [3.05, 3.63) is 180 Å². The summed E-state index contributed by atoms with van der Waals surface area (Å²) in [4.78, 5) is 30.1. The Bertz CT molecular complexity index is 2440. The Morgan fingerprint density at radius 2 is 1.24 bits per heavy atom. The first-order valence-electron chi connectivity index (χ1n) is 18.9. The Labute approximate surface area is 479 Å². The van der Waals surface area contributed by atoms with Crippen LogP contribution in [0.3, 0.4) is 0 Å². The third kappa shape index (κ3) is 20.5. The summed E-state index contributed by atoms with van der Waals surface area (Å²) < 4.78 is 86.3. The van der Waals surface area contributed by atoms with E-state index in [1.165, 1.54) is 28.9 Å². The van der Waals surface area contributed by atoms with Crippen LogP contribution in [0.5, 0.6) is 0 Å². The van der Waals surface area contributed by atoms with Gasteiger partial charge in [0, 0.05) is 118 Å². The van der Waals surface area contributed by atoms with E-state index in [9.17, 15) is 30.8 Å². The molecule has 18 nitrogen and oxygen atoms in total. The van der Waals surface area contributed by atoms with Gasteiger partial charge in [0.25, 0.3) is 0 Å². The molecule has 5 aromatic rings. The molecule has 391 valence electrons. The smallest absolute Gasteiger partial charge is 0.458 e. The van der Waals surface area contributed by atoms with E-state index in [0.29, 0.717) is 25.7 Å². The molecule has 0 saturated carbocycles. The third-order valence-electron chi connectivity index (χ3n) is 8.06. The molecule has 0 saturated heterocycles. The molecule has 32 heteroatoms. The fraction of sp³-hybridized carbons (Fsp3) is 0.0750. The number of nitrogens with one attached hydrogen (secondary N) is 1. The molecule has 0 aliphatic carbocycles. The number of hydrazine groups is 1. The predicted octanol–water partition coefficient (Wildman–Crippen LogP) is 5.82. The molecule has 0 amide bonds. The fourth-order valence-electron chi connectivity index (χ4n) is 4.88. The number of aliphatic imine (C=N–C) groups is 1. The van der Waals surface area contributed by atoms with Crippen LogP contribution in [0.15, 0.2) is 114 Å². The standard InChI is InChI=1S/C10H12BN3.C8H6BN3.C8H4F4N4.C7H4F2N4.C7H5FN4.5Ir/c1-11(2)14-8-7-13(9-14)10-3-5-12-6-4-10;9-12-5-4-11(7-12)8-2-1-3-10-6-8;9-6-1-2-7(13-3-6)16-5-15(4-14-16)8(10,11)12;8-6-1-2-7(10-3-6)13-5-12(9)4-11-13;8-6-1-2-7(10-3-6)12-5-9-4-11-12;;;;;/h3,5-9H,1-2H3;1,3-7H;1,3-5H;1,3-5H;1,3-5H,(H,9,11);;;;;/q5*-2;;;;;. The molecule has 0 aromatic carbocycles. The molecule has 7 radical (unpaired) electrons. The number of hydrogen-bond donors (Lipinski definition) is 1. The second kappa shape index (κ2) is 32.2. The second-order valence-electron chi connectivity index (χ2n) is 13.1. The van der Waals surface area contributed by atoms with Gasteiger partial charge in [0.2, 0.25) is 6.85 Å². The first kappa shape index (κ1) is 65.0. The van der Waals surface area contributed by atoms with Crippen LogP contribution in [-0.2, 0) is 101 Å². The number of pyridine rings is 5. The molecule has 0 unspecified atom stereocenters. The first-order chi connectivity index (χ1) is 32.2. The summed E-state index contributed by atoms with van der Waals surface area (Å²) in [6.07, 6.45) is 16.0. The number of alkyl halides is 3. The van der Waals surface area contributed by atoms with Gasteiger partial charge in [0.15, 0.2) is 7.98 Å². The van der Waals surface area contributed by atoms with Crippen molar-refractivity contribution in [2.45, 2.75) is 19.9 Å². The Hall–Kier alpha value is -5.00. The van der Waals surface area contributed by atoms with Gasteiger partial charge in [-0.2, -0.15) is 78.8 Å². The third-order valence-corrected chi connectivity index (χ3v) is 8.06. The van der Waals surface area contributed by atoms with Crippen molar-refractivity contribution < 1.29 is 131 Å². The zero-order valence-electron chi connectivity index (χ0n) is 36.4. The topological polar surface area (TPSA) is 143 Å². The first-order valence-corrected chi connectivity index (χ1v) is 18.9. The zero-order chi connectivity index (χ0) is 47.8. The summed E-state index contributed by atoms with van der Waals surface area (Å²) in [5.74, 6) is -0.835. The van der Waals surface area contributed by atoms with Crippen molar-refractivity contribution in [2.24, 2.45) is 15.2 Å². The van der Waals surface area contributed by atoms with Crippen molar-refractivity contribution >= 4 is 62.7 Å². The minimum Gasteiger partial charge on any atom is -0.561 e. The molecule has 10 rings (SSSR count). The van der Waals surface area contributed by atoms with Gasteiger partial charge in [-0.3, -0.25) is 15.0 Å². The number of aromatic nitrogens is 5. The van der Waals surface area contributed by atoms with Crippen LogP contribution >= 0.6 is 0 Å². The van der Waals surface area contributed by atoms with Crippen molar-refractivity contribution in [1.82, 2.24) is 50.0 Å². The summed E-state index contributed by atoms with van der Waals surface area (Å²) in [7, 11) is 5.48. The number of nitrogens with zero attached hydrogens (tertiary/aromatic N) is 17. The van der Waals surface area contributed by atoms with Gasteiger partial charge in [-0.1, -0.05) is 50.8 Å². The molecule has 10 heterocycles. The predicted molar refractivity (Wildman–Crippen MR) is 234 cm³/mol. The van der Waals surface area contributed by atoms with E-state index in [-0.39, 0.29) is 122 Å². The number of anilines is 5. The maximum atomic E-state index is 12.5. The van der Waals surface area contributed by atoms with E-state index < -0.39 is 23.8 Å². The average molecular weight is 1880 g/mol. The number of hydrazone groups is 2. The Morgan fingerprint density at radius 3 is 1.67 bits per heavy atom. The van der Waals surface area contributed by atoms with Crippen LogP contribution in [-0.4, -0.2) is 84.7 Å². The van der Waals surface area contributed by atoms with Crippen LogP contribution in [0, 0.1) is 81.1 Å². The monoisotopic (exact) mass is 1880 g/mol. The molecular formula is C40H31B2F7Ir5N18-10. The van der Waals surface area contributed by atoms with E-state index in [1.54, 1.807) is 43.7 Å². The van der Waals surface area contributed by atoms with Crippen molar-refractivity contribution in [1.29, 1.82) is 0 Å². The minimum atomic E-state index is -4.54. The largest absolute Gasteiger partial charge is 0.561 e. The Morgan fingerprint density at radius 1 is 0.653 bits per heavy atom. The van der Waals surface area contributed by atoms with Crippen molar-refractivity contribution in [3.8, 4) is 0 Å². The van der Waals surface area contributed by atoms with Crippen LogP contribution in [0.2, 0.25) is 13.6 Å². The van der Waals surface area contributed by atoms with E-state index >= 15 is 0 Å². The number of hydrogen-bond acceptors (Lipinski definition) is 18. The normalized spacial score (nSPS) is 14.3. The van der Waals surface area contributed by atoms with Gasteiger partial charge in [-0.25, -0.2) is 24.3 Å². The molecule has 0 fully saturated rings. The second-order valence-corrected chi connectivity index (χ2v) is 13.1. The summed E-state index contributed by atoms with van der Waals surface area (Å²) in [5, 5.41) is 10.8. The summed E-state index contributed by atoms with van der Waals surface area (Å²) in [6, 6.07) is 20.6. The van der Waals surface area contributed by atoms with Gasteiger partial charge in [-0.05, 0) is 73.8 Å². The van der Waals surface area contributed by atoms with Gasteiger partial charge >= 0.3 is 6.30 Å². The van der Waals surface area contributed by atoms with Crippen molar-refractivity contribution in [3.63, 3.8) is 0 Å². The van der Waals surface area contributed by atoms with Crippen molar-refractivity contribution in [2.75, 3.05) is 24.8 Å². The minimum absolute atomic E-state index is 0. The Kier molecular flexibility index (Phi) is 29.1. The van der Waals surface area contributed by atoms with Gasteiger partial charge in [-0.15, -0.1) is 11.1 Å². The van der Waals surface area contributed by atoms with E-state index in [4.69, 9.17) is 7.98 Å². The van der Waals surface area contributed by atoms with Crippen LogP contribution in [0.25, 0.3) is 0 Å². The molecule has 0 bridgehead atoms. The van der Waals surface area contributed by atoms with Crippen LogP contribution < -0.4 is 30.3 Å². The van der Waals surface area contributed by atoms with E-state index in [1.807, 2.05) is 28.3 Å². The Balaban J connectivity index is 0.000000444. The molecule has 5 aromatic heterocycles. The van der Waals surface area contributed by atoms with E-state index in [2.05, 4.69) is 107 Å². The summed E-state index contributed by atoms with van der Waals surface area (Å²) in [6.45, 7) is 11.8. The molecule has 0 atom stereocenters. The summed E-state index contributed by atoms with van der Waals surface area (Å²) in [5.41, 5.74) is 4.65. The molecule has 0 spiro atoms. The SMILES string of the molecule is CB(C)N1C=CN(c2[c-]cncc2)[CH-]1.Fc1c[c-]c(N2[CH-]N(C(F)(F)F)C=N2)nc1.Fc1c[c-]c(N2[CH-]N(F)C=N2)nc1.Fc1c[c-]c(N2[CH-]N=CN2)nc1.[B]N1C=CN(c2[c-]ccnc2)[CH-]1.[Ir].[Ir].[Ir].[Ir].[Ir]. The molecule has 72 heavy (non-hydrogen) atoms. The quantitative estimate of drug-likeness (QED) is 0.0718. The van der Waals surface area contributed by atoms with E-state index in [0.717, 1.165) is 65.1 Å². The average Bonchev–Trinajstić information content (AvgIpc) is 4.20. The van der Waals surface area contributed by atoms with Crippen LogP contribution in [0.1, 0.15) is 0 Å². The molecular weight excluding hydrogens is 1850 g/mol. The molecule has 1 N–H and O–H groups in total. The molecule has 5 aliphatic heterocycles. The van der Waals surface area contributed by atoms with Crippen LogP contribution in [0.4, 0.5) is 59.7 Å². The van der Waals surface area contributed by atoms with Gasteiger partial charge in [0.05, 0.1) is 6.34 Å². The fourth-order valence-corrected chi connectivity index (χ4v) is 4.88.